The molecule has 1 atom stereocenters. The van der Waals surface area contributed by atoms with Crippen LogP contribution in [0.2, 0.25) is 5.02 Å². The molecule has 0 spiro atoms. The Balaban J connectivity index is 2.60. The molecule has 0 radical (unpaired) electrons. The number of H-pyrrole nitrogens is 1. The fourth-order valence-electron chi connectivity index (χ4n) is 1.94. The monoisotopic (exact) mass is 222 g/mol. The molecule has 2 aromatic rings. The van der Waals surface area contributed by atoms with Crippen molar-refractivity contribution in [2.75, 3.05) is 0 Å². The van der Waals surface area contributed by atoms with Crippen LogP contribution >= 0.6 is 11.6 Å². The maximum atomic E-state index is 5.99. The van der Waals surface area contributed by atoms with Gasteiger partial charge in [0.15, 0.2) is 0 Å². The van der Waals surface area contributed by atoms with Gasteiger partial charge in [-0.25, -0.2) is 0 Å². The van der Waals surface area contributed by atoms with Crippen LogP contribution < -0.4 is 5.73 Å². The summed E-state index contributed by atoms with van der Waals surface area (Å²) in [6.45, 7) is 4.09. The maximum Gasteiger partial charge on any atom is 0.0459 e. The molecule has 80 valence electrons. The lowest BCUT2D eigenvalue weighted by Gasteiger charge is -2.05. The minimum absolute atomic E-state index is 0.168. The Morgan fingerprint density at radius 2 is 2.20 bits per heavy atom. The zero-order valence-electron chi connectivity index (χ0n) is 8.97. The van der Waals surface area contributed by atoms with Crippen LogP contribution in [0.4, 0.5) is 0 Å². The van der Waals surface area contributed by atoms with Crippen LogP contribution in [0.3, 0.4) is 0 Å². The number of benzene rings is 1. The first-order valence-corrected chi connectivity index (χ1v) is 5.48. The van der Waals surface area contributed by atoms with E-state index in [1.165, 1.54) is 16.6 Å². The Labute approximate surface area is 94.4 Å². The number of fused-ring (bicyclic) bond motifs is 1. The second-order valence-corrected chi connectivity index (χ2v) is 4.54. The molecule has 0 bridgehead atoms. The van der Waals surface area contributed by atoms with E-state index in [1.807, 2.05) is 25.1 Å². The number of hydrogen-bond acceptors (Lipinski definition) is 1. The van der Waals surface area contributed by atoms with Gasteiger partial charge in [0.1, 0.15) is 0 Å². The molecule has 0 fully saturated rings. The van der Waals surface area contributed by atoms with Crippen molar-refractivity contribution in [1.29, 1.82) is 0 Å². The van der Waals surface area contributed by atoms with Gasteiger partial charge in [-0.15, -0.1) is 0 Å². The van der Waals surface area contributed by atoms with Crippen molar-refractivity contribution in [3.8, 4) is 0 Å². The average Bonchev–Trinajstić information content (AvgIpc) is 2.43. The molecule has 0 saturated heterocycles. The summed E-state index contributed by atoms with van der Waals surface area (Å²) in [6.07, 6.45) is 0.881. The van der Waals surface area contributed by atoms with Crippen LogP contribution in [0, 0.1) is 6.92 Å². The van der Waals surface area contributed by atoms with E-state index >= 15 is 0 Å². The standard InChI is InChI=1S/C12H15ClN2/c1-7(14)5-10-8(2)15-12-4-3-9(13)6-11(10)12/h3-4,6-7,15H,5,14H2,1-2H3. The van der Waals surface area contributed by atoms with Crippen LogP contribution in [-0.2, 0) is 6.42 Å². The van der Waals surface area contributed by atoms with E-state index < -0.39 is 0 Å². The van der Waals surface area contributed by atoms with Gasteiger partial charge in [0, 0.05) is 27.7 Å². The second kappa shape index (κ2) is 3.87. The van der Waals surface area contributed by atoms with E-state index in [0.29, 0.717) is 0 Å². The summed E-state index contributed by atoms with van der Waals surface area (Å²) in [5.41, 5.74) is 9.43. The molecule has 2 rings (SSSR count). The number of hydrogen-bond donors (Lipinski definition) is 2. The van der Waals surface area contributed by atoms with Gasteiger partial charge < -0.3 is 10.7 Å². The second-order valence-electron chi connectivity index (χ2n) is 4.10. The largest absolute Gasteiger partial charge is 0.358 e. The summed E-state index contributed by atoms with van der Waals surface area (Å²) in [5.74, 6) is 0. The molecule has 15 heavy (non-hydrogen) atoms. The highest BCUT2D eigenvalue weighted by Gasteiger charge is 2.10. The van der Waals surface area contributed by atoms with Gasteiger partial charge in [0.2, 0.25) is 0 Å². The summed E-state index contributed by atoms with van der Waals surface area (Å²) in [5, 5.41) is 1.96. The first-order chi connectivity index (χ1) is 7.08. The SMILES string of the molecule is Cc1[nH]c2ccc(Cl)cc2c1CC(C)N. The zero-order chi connectivity index (χ0) is 11.0. The minimum Gasteiger partial charge on any atom is -0.358 e. The minimum atomic E-state index is 0.168. The van der Waals surface area contributed by atoms with E-state index in [9.17, 15) is 0 Å². The van der Waals surface area contributed by atoms with Crippen molar-refractivity contribution in [2.45, 2.75) is 26.3 Å². The first-order valence-electron chi connectivity index (χ1n) is 5.10. The molecule has 0 amide bonds. The summed E-state index contributed by atoms with van der Waals surface area (Å²) in [4.78, 5) is 3.35. The maximum absolute atomic E-state index is 5.99. The predicted octanol–water partition coefficient (Wildman–Crippen LogP) is 3.02. The van der Waals surface area contributed by atoms with Crippen LogP contribution in [0.15, 0.2) is 18.2 Å². The van der Waals surface area contributed by atoms with Gasteiger partial charge in [-0.1, -0.05) is 11.6 Å². The van der Waals surface area contributed by atoms with E-state index in [2.05, 4.69) is 11.9 Å². The fourth-order valence-corrected chi connectivity index (χ4v) is 2.11. The van der Waals surface area contributed by atoms with Crippen molar-refractivity contribution < 1.29 is 0 Å². The Bertz CT molecular complexity index is 486. The Morgan fingerprint density at radius 1 is 1.47 bits per heavy atom. The van der Waals surface area contributed by atoms with E-state index in [1.54, 1.807) is 0 Å². The molecule has 3 heteroatoms. The molecule has 3 N–H and O–H groups in total. The highest BCUT2D eigenvalue weighted by atomic mass is 35.5. The van der Waals surface area contributed by atoms with Gasteiger partial charge in [-0.05, 0) is 44.0 Å². The third-order valence-electron chi connectivity index (χ3n) is 2.61. The van der Waals surface area contributed by atoms with Crippen molar-refractivity contribution in [3.63, 3.8) is 0 Å². The smallest absolute Gasteiger partial charge is 0.0459 e. The number of aromatic nitrogens is 1. The van der Waals surface area contributed by atoms with Crippen molar-refractivity contribution in [1.82, 2.24) is 4.98 Å². The molecule has 1 aromatic carbocycles. The lowest BCUT2D eigenvalue weighted by atomic mass is 10.0. The van der Waals surface area contributed by atoms with Gasteiger partial charge in [-0.3, -0.25) is 0 Å². The summed E-state index contributed by atoms with van der Waals surface area (Å²) >= 11 is 5.99. The van der Waals surface area contributed by atoms with Crippen LogP contribution in [-0.4, -0.2) is 11.0 Å². The van der Waals surface area contributed by atoms with E-state index in [4.69, 9.17) is 17.3 Å². The van der Waals surface area contributed by atoms with Crippen LogP contribution in [0.1, 0.15) is 18.2 Å². The lowest BCUT2D eigenvalue weighted by molar-refractivity contribution is 0.738. The number of aryl methyl sites for hydroxylation is 1. The van der Waals surface area contributed by atoms with Gasteiger partial charge in [-0.2, -0.15) is 0 Å². The Kier molecular flexibility index (Phi) is 2.72. The van der Waals surface area contributed by atoms with Crippen LogP contribution in [0.5, 0.6) is 0 Å². The quantitative estimate of drug-likeness (QED) is 0.806. The van der Waals surface area contributed by atoms with Crippen molar-refractivity contribution >= 4 is 22.5 Å². The van der Waals surface area contributed by atoms with E-state index in [0.717, 1.165) is 17.0 Å². The molecule has 0 aliphatic heterocycles. The molecule has 1 heterocycles. The van der Waals surface area contributed by atoms with Crippen LogP contribution in [0.25, 0.3) is 10.9 Å². The van der Waals surface area contributed by atoms with Crippen molar-refractivity contribution in [2.24, 2.45) is 5.73 Å². The summed E-state index contributed by atoms with van der Waals surface area (Å²) in [7, 11) is 0. The fraction of sp³-hybridized carbons (Fsp3) is 0.333. The molecule has 0 aliphatic carbocycles. The molecular formula is C12H15ClN2. The summed E-state index contributed by atoms with van der Waals surface area (Å²) in [6, 6.07) is 6.07. The van der Waals surface area contributed by atoms with Gasteiger partial charge in [0.05, 0.1) is 0 Å². The van der Waals surface area contributed by atoms with Gasteiger partial charge in [0.25, 0.3) is 0 Å². The topological polar surface area (TPSA) is 41.8 Å². The first kappa shape index (κ1) is 10.5. The van der Waals surface area contributed by atoms with Gasteiger partial charge >= 0.3 is 0 Å². The number of aromatic amines is 1. The molecular weight excluding hydrogens is 208 g/mol. The molecule has 2 nitrogen and oxygen atoms in total. The normalized spacial score (nSPS) is 13.3. The number of halogens is 1. The summed E-state index contributed by atoms with van der Waals surface area (Å²) < 4.78 is 0. The molecule has 1 aromatic heterocycles. The lowest BCUT2D eigenvalue weighted by Crippen LogP contribution is -2.18. The molecule has 0 aliphatic rings. The number of nitrogens with two attached hydrogens (primary N) is 1. The van der Waals surface area contributed by atoms with E-state index in [-0.39, 0.29) is 6.04 Å². The average molecular weight is 223 g/mol. The highest BCUT2D eigenvalue weighted by molar-refractivity contribution is 6.31. The molecule has 0 saturated carbocycles. The van der Waals surface area contributed by atoms with Crippen molar-refractivity contribution in [3.05, 3.63) is 34.5 Å². The zero-order valence-corrected chi connectivity index (χ0v) is 9.73. The Morgan fingerprint density at radius 3 is 2.87 bits per heavy atom. The predicted molar refractivity (Wildman–Crippen MR) is 65.4 cm³/mol. The Hall–Kier alpha value is -0.990. The third kappa shape index (κ3) is 2.01. The highest BCUT2D eigenvalue weighted by Crippen LogP contribution is 2.26. The number of nitrogens with one attached hydrogen (secondary N) is 1. The number of rotatable bonds is 2. The molecule has 1 unspecified atom stereocenters. The third-order valence-corrected chi connectivity index (χ3v) is 2.84.